The van der Waals surface area contributed by atoms with Crippen LogP contribution in [0.5, 0.6) is 5.88 Å². The molecule has 0 bridgehead atoms. The van der Waals surface area contributed by atoms with Gasteiger partial charge in [0.05, 0.1) is 25.3 Å². The summed E-state index contributed by atoms with van der Waals surface area (Å²) in [6.07, 6.45) is 5.83. The molecule has 1 amide bonds. The maximum absolute atomic E-state index is 12.5. The minimum atomic E-state index is -0.224. The van der Waals surface area contributed by atoms with E-state index in [2.05, 4.69) is 15.4 Å². The molecule has 2 aromatic heterocycles. The lowest BCUT2D eigenvalue weighted by Crippen LogP contribution is -2.31. The van der Waals surface area contributed by atoms with Gasteiger partial charge >= 0.3 is 0 Å². The zero-order valence-electron chi connectivity index (χ0n) is 13.2. The first-order valence-corrected chi connectivity index (χ1v) is 7.54. The number of hydrogen-bond acceptors (Lipinski definition) is 5. The Labute approximate surface area is 134 Å². The quantitative estimate of drug-likeness (QED) is 0.897. The number of ether oxygens (including phenoxy) is 2. The van der Waals surface area contributed by atoms with Crippen molar-refractivity contribution >= 4 is 5.91 Å². The normalized spacial score (nSPS) is 20.4. The summed E-state index contributed by atoms with van der Waals surface area (Å²) in [6.45, 7) is 1.02. The molecule has 1 fully saturated rings. The van der Waals surface area contributed by atoms with Gasteiger partial charge in [0.25, 0.3) is 0 Å². The molecule has 7 heteroatoms. The molecule has 0 unspecified atom stereocenters. The van der Waals surface area contributed by atoms with Crippen LogP contribution in [0.1, 0.15) is 23.7 Å². The molecule has 0 aliphatic carbocycles. The van der Waals surface area contributed by atoms with Crippen LogP contribution in [0.2, 0.25) is 0 Å². The van der Waals surface area contributed by atoms with E-state index in [1.165, 1.54) is 0 Å². The van der Waals surface area contributed by atoms with Crippen molar-refractivity contribution in [2.75, 3.05) is 13.7 Å². The first kappa shape index (κ1) is 15.5. The summed E-state index contributed by atoms with van der Waals surface area (Å²) in [4.78, 5) is 16.6. The predicted molar refractivity (Wildman–Crippen MR) is 82.6 cm³/mol. The predicted octanol–water partition coefficient (Wildman–Crippen LogP) is 1.22. The van der Waals surface area contributed by atoms with Gasteiger partial charge in [-0.15, -0.1) is 0 Å². The Morgan fingerprint density at radius 3 is 3.00 bits per heavy atom. The van der Waals surface area contributed by atoms with E-state index in [0.717, 1.165) is 11.1 Å². The van der Waals surface area contributed by atoms with E-state index in [1.807, 2.05) is 19.3 Å². The lowest BCUT2D eigenvalue weighted by Gasteiger charge is -2.17. The van der Waals surface area contributed by atoms with Crippen LogP contribution < -0.4 is 10.1 Å². The number of hydrogen-bond donors (Lipinski definition) is 1. The minimum absolute atomic E-state index is 0.00725. The summed E-state index contributed by atoms with van der Waals surface area (Å²) in [6, 6.07) is 3.66. The summed E-state index contributed by atoms with van der Waals surface area (Å²) in [5.41, 5.74) is 1.87. The average Bonchev–Trinajstić information content (AvgIpc) is 3.21. The molecule has 122 valence electrons. The van der Waals surface area contributed by atoms with Crippen molar-refractivity contribution in [1.82, 2.24) is 20.1 Å². The SMILES string of the molecule is COc1ccc(CNC(=O)[C@H]2CCO[C@@H]2c2cnn(C)c2)cn1. The van der Waals surface area contributed by atoms with Gasteiger partial charge in [-0.05, 0) is 12.0 Å². The number of pyridine rings is 1. The highest BCUT2D eigenvalue weighted by atomic mass is 16.5. The van der Waals surface area contributed by atoms with Crippen LogP contribution in [0.15, 0.2) is 30.7 Å². The second kappa shape index (κ2) is 6.78. The smallest absolute Gasteiger partial charge is 0.226 e. The fourth-order valence-corrected chi connectivity index (χ4v) is 2.73. The molecule has 1 aliphatic rings. The zero-order chi connectivity index (χ0) is 16.2. The van der Waals surface area contributed by atoms with E-state index in [4.69, 9.17) is 9.47 Å². The van der Waals surface area contributed by atoms with Crippen molar-refractivity contribution in [2.45, 2.75) is 19.1 Å². The van der Waals surface area contributed by atoms with Gasteiger partial charge in [0.15, 0.2) is 0 Å². The topological polar surface area (TPSA) is 78.3 Å². The van der Waals surface area contributed by atoms with Crippen LogP contribution in [-0.4, -0.2) is 34.4 Å². The lowest BCUT2D eigenvalue weighted by atomic mass is 9.96. The summed E-state index contributed by atoms with van der Waals surface area (Å²) in [5.74, 6) is 0.360. The second-order valence-electron chi connectivity index (χ2n) is 5.56. The number of amides is 1. The molecule has 3 heterocycles. The molecule has 7 nitrogen and oxygen atoms in total. The number of rotatable bonds is 5. The lowest BCUT2D eigenvalue weighted by molar-refractivity contribution is -0.126. The molecule has 23 heavy (non-hydrogen) atoms. The van der Waals surface area contributed by atoms with Gasteiger partial charge in [0.1, 0.15) is 0 Å². The zero-order valence-corrected chi connectivity index (χ0v) is 13.2. The summed E-state index contributed by atoms with van der Waals surface area (Å²) in [7, 11) is 3.42. The van der Waals surface area contributed by atoms with Crippen molar-refractivity contribution in [2.24, 2.45) is 13.0 Å². The largest absolute Gasteiger partial charge is 0.481 e. The molecule has 1 aliphatic heterocycles. The van der Waals surface area contributed by atoms with Crippen molar-refractivity contribution in [1.29, 1.82) is 0 Å². The number of carbonyl (C=O) groups excluding carboxylic acids is 1. The van der Waals surface area contributed by atoms with Gasteiger partial charge < -0.3 is 14.8 Å². The number of carbonyl (C=O) groups is 1. The molecule has 1 saturated heterocycles. The Hall–Kier alpha value is -2.41. The van der Waals surface area contributed by atoms with Gasteiger partial charge in [-0.25, -0.2) is 4.98 Å². The Bertz CT molecular complexity index is 668. The van der Waals surface area contributed by atoms with E-state index >= 15 is 0 Å². The molecule has 1 N–H and O–H groups in total. The fourth-order valence-electron chi connectivity index (χ4n) is 2.73. The van der Waals surface area contributed by atoms with Crippen LogP contribution >= 0.6 is 0 Å². The Morgan fingerprint density at radius 1 is 1.48 bits per heavy atom. The molecule has 2 aromatic rings. The Morgan fingerprint density at radius 2 is 2.35 bits per heavy atom. The third-order valence-corrected chi connectivity index (χ3v) is 3.96. The van der Waals surface area contributed by atoms with Crippen molar-refractivity contribution in [3.63, 3.8) is 0 Å². The first-order chi connectivity index (χ1) is 11.2. The van der Waals surface area contributed by atoms with E-state index in [1.54, 1.807) is 30.3 Å². The van der Waals surface area contributed by atoms with Gasteiger partial charge in [-0.2, -0.15) is 5.10 Å². The van der Waals surface area contributed by atoms with E-state index in [-0.39, 0.29) is 17.9 Å². The molecule has 0 radical (unpaired) electrons. The van der Waals surface area contributed by atoms with Gasteiger partial charge in [0, 0.05) is 44.2 Å². The Kier molecular flexibility index (Phi) is 4.57. The number of aryl methyl sites for hydroxylation is 1. The van der Waals surface area contributed by atoms with Crippen LogP contribution in [0.3, 0.4) is 0 Å². The molecule has 0 spiro atoms. The highest BCUT2D eigenvalue weighted by Gasteiger charge is 2.35. The molecular formula is C16H20N4O3. The van der Waals surface area contributed by atoms with Gasteiger partial charge in [0.2, 0.25) is 11.8 Å². The number of nitrogens with one attached hydrogen (secondary N) is 1. The van der Waals surface area contributed by atoms with Crippen LogP contribution in [-0.2, 0) is 23.1 Å². The van der Waals surface area contributed by atoms with Crippen LogP contribution in [0, 0.1) is 5.92 Å². The molecule has 0 aromatic carbocycles. The third-order valence-electron chi connectivity index (χ3n) is 3.96. The molecule has 2 atom stereocenters. The van der Waals surface area contributed by atoms with Crippen LogP contribution in [0.4, 0.5) is 0 Å². The summed E-state index contributed by atoms with van der Waals surface area (Å²) >= 11 is 0. The molecule has 3 rings (SSSR count). The average molecular weight is 316 g/mol. The van der Waals surface area contributed by atoms with Crippen molar-refractivity contribution in [3.05, 3.63) is 41.9 Å². The monoisotopic (exact) mass is 316 g/mol. The standard InChI is InChI=1S/C16H20N4O3/c1-20-10-12(9-19-20)15-13(5-6-23-15)16(21)18-8-11-3-4-14(22-2)17-7-11/h3-4,7,9-10,13,15H,5-6,8H2,1-2H3,(H,18,21)/t13-,15+/m0/s1. The third kappa shape index (κ3) is 3.50. The highest BCUT2D eigenvalue weighted by molar-refractivity contribution is 5.79. The Balaban J connectivity index is 1.60. The molecule has 0 saturated carbocycles. The fraction of sp³-hybridized carbons (Fsp3) is 0.438. The van der Waals surface area contributed by atoms with Crippen LogP contribution in [0.25, 0.3) is 0 Å². The van der Waals surface area contributed by atoms with Crippen molar-refractivity contribution in [3.8, 4) is 5.88 Å². The van der Waals surface area contributed by atoms with Gasteiger partial charge in [-0.1, -0.05) is 6.07 Å². The van der Waals surface area contributed by atoms with Crippen molar-refractivity contribution < 1.29 is 14.3 Å². The number of aromatic nitrogens is 3. The van der Waals surface area contributed by atoms with E-state index in [9.17, 15) is 4.79 Å². The van der Waals surface area contributed by atoms with E-state index < -0.39 is 0 Å². The van der Waals surface area contributed by atoms with E-state index in [0.29, 0.717) is 25.5 Å². The number of nitrogens with zero attached hydrogens (tertiary/aromatic N) is 3. The minimum Gasteiger partial charge on any atom is -0.481 e. The number of methoxy groups -OCH3 is 1. The maximum atomic E-state index is 12.5. The maximum Gasteiger partial charge on any atom is 0.226 e. The second-order valence-corrected chi connectivity index (χ2v) is 5.56. The van der Waals surface area contributed by atoms with Gasteiger partial charge in [-0.3, -0.25) is 9.48 Å². The molecular weight excluding hydrogens is 296 g/mol. The summed E-state index contributed by atoms with van der Waals surface area (Å²) < 4.78 is 12.5. The first-order valence-electron chi connectivity index (χ1n) is 7.54. The summed E-state index contributed by atoms with van der Waals surface area (Å²) in [5, 5.41) is 7.11. The highest BCUT2D eigenvalue weighted by Crippen LogP contribution is 2.34.